The fraction of sp³-hybridized carbons (Fsp3) is 0.333. The first kappa shape index (κ1) is 27.1. The van der Waals surface area contributed by atoms with Crippen LogP contribution < -0.4 is 20.5 Å². The molecule has 0 atom stereocenters. The van der Waals surface area contributed by atoms with Gasteiger partial charge < -0.3 is 25.7 Å². The molecule has 0 fully saturated rings. The molecule has 0 unspecified atom stereocenters. The molecule has 0 aromatic heterocycles. The fourth-order valence-corrected chi connectivity index (χ4v) is 6.03. The van der Waals surface area contributed by atoms with Crippen molar-refractivity contribution < 1.29 is 25.2 Å². The number of carbonyl (C=O) groups excluding carboxylic acids is 1. The summed E-state index contributed by atoms with van der Waals surface area (Å²) in [5.41, 5.74) is 5.85. The van der Waals surface area contributed by atoms with E-state index in [1.165, 1.54) is 5.56 Å². The zero-order valence-corrected chi connectivity index (χ0v) is 23.7. The highest BCUT2D eigenvalue weighted by Gasteiger charge is 2.16. The zero-order chi connectivity index (χ0) is 23.7. The Labute approximate surface area is 220 Å². The number of rotatable bonds is 11. The highest BCUT2D eigenvalue weighted by Crippen LogP contribution is 2.35. The molecule has 2 aromatic carbocycles. The molecular weight excluding hydrogens is 678 g/mol. The Balaban J connectivity index is 1.85. The summed E-state index contributed by atoms with van der Waals surface area (Å²) in [4.78, 5) is 12.4. The number of hydrogen-bond donors (Lipinski definition) is 3. The molecule has 0 spiro atoms. The number of carbonyl (C=O) groups is 1. The van der Waals surface area contributed by atoms with Gasteiger partial charge in [0.15, 0.2) is 0 Å². The quantitative estimate of drug-likeness (QED) is 0.139. The third-order valence-corrected chi connectivity index (χ3v) is 6.75. The van der Waals surface area contributed by atoms with Gasteiger partial charge in [-0.3, -0.25) is 4.79 Å². The van der Waals surface area contributed by atoms with Crippen LogP contribution >= 0.6 is 63.7 Å². The molecular formula is C21H24Br4N3O4+. The minimum Gasteiger partial charge on any atom is -0.494 e. The monoisotopic (exact) mass is 698 g/mol. The number of amides is 1. The maximum Gasteiger partial charge on any atom is 0.269 e. The first-order valence-corrected chi connectivity index (χ1v) is 12.9. The van der Waals surface area contributed by atoms with Gasteiger partial charge in [0.25, 0.3) is 5.91 Å². The van der Waals surface area contributed by atoms with E-state index in [2.05, 4.69) is 79.9 Å². The molecule has 5 N–H and O–H groups in total. The highest BCUT2D eigenvalue weighted by atomic mass is 79.9. The van der Waals surface area contributed by atoms with E-state index in [-0.39, 0.29) is 12.1 Å². The number of halogens is 4. The van der Waals surface area contributed by atoms with E-state index in [1.54, 1.807) is 7.11 Å². The van der Waals surface area contributed by atoms with E-state index in [0.29, 0.717) is 25.3 Å². The van der Waals surface area contributed by atoms with Gasteiger partial charge in [0.05, 0.1) is 38.2 Å². The van der Waals surface area contributed by atoms with Crippen molar-refractivity contribution >= 4 is 75.3 Å². The average Bonchev–Trinajstić information content (AvgIpc) is 2.73. The molecule has 32 heavy (non-hydrogen) atoms. The molecule has 0 bridgehead atoms. The van der Waals surface area contributed by atoms with E-state index in [0.717, 1.165) is 42.2 Å². The Bertz CT molecular complexity index is 940. The summed E-state index contributed by atoms with van der Waals surface area (Å²) in [5.74, 6) is 0.934. The lowest BCUT2D eigenvalue weighted by molar-refractivity contribution is -0.366. The van der Waals surface area contributed by atoms with E-state index in [1.807, 2.05) is 24.3 Å². The third-order valence-electron chi connectivity index (χ3n) is 4.39. The minimum atomic E-state index is -0.435. The molecule has 11 heteroatoms. The second-order valence-corrected chi connectivity index (χ2v) is 10.2. The summed E-state index contributed by atoms with van der Waals surface area (Å²) in [6.07, 6.45) is 1.64. The Hall–Kier alpha value is -1.14. The van der Waals surface area contributed by atoms with Crippen LogP contribution in [-0.2, 0) is 17.6 Å². The Morgan fingerprint density at radius 3 is 2.12 bits per heavy atom. The second kappa shape index (κ2) is 13.5. The topological polar surface area (TPSA) is 108 Å². The van der Waals surface area contributed by atoms with Gasteiger partial charge in [0, 0.05) is 19.4 Å². The molecule has 7 nitrogen and oxygen atoms in total. The molecule has 0 saturated carbocycles. The molecule has 0 aliphatic rings. The van der Waals surface area contributed by atoms with Crippen LogP contribution in [0.3, 0.4) is 0 Å². The third kappa shape index (κ3) is 7.72. The lowest BCUT2D eigenvalue weighted by Gasteiger charge is -2.13. The van der Waals surface area contributed by atoms with Crippen LogP contribution in [0.2, 0.25) is 0 Å². The Morgan fingerprint density at radius 1 is 1.03 bits per heavy atom. The average molecular weight is 702 g/mol. The van der Waals surface area contributed by atoms with Crippen LogP contribution in [0, 0.1) is 0 Å². The van der Waals surface area contributed by atoms with Gasteiger partial charge in [-0.2, -0.15) is 0 Å². The fourth-order valence-electron chi connectivity index (χ4n) is 2.91. The Kier molecular flexibility index (Phi) is 11.5. The number of nitrogens with zero attached hydrogens (tertiary/aromatic N) is 1. The number of nitrogens with one attached hydrogen (secondary N) is 1. The molecule has 0 heterocycles. The first-order chi connectivity index (χ1) is 15.3. The van der Waals surface area contributed by atoms with Gasteiger partial charge in [0.2, 0.25) is 0 Å². The highest BCUT2D eigenvalue weighted by molar-refractivity contribution is 9.11. The van der Waals surface area contributed by atoms with Crippen molar-refractivity contribution in [3.05, 3.63) is 53.3 Å². The molecule has 0 radical (unpaired) electrons. The molecule has 2 aromatic rings. The van der Waals surface area contributed by atoms with Gasteiger partial charge in [-0.1, -0.05) is 5.16 Å². The predicted octanol–water partition coefficient (Wildman–Crippen LogP) is 4.49. The summed E-state index contributed by atoms with van der Waals surface area (Å²) >= 11 is 13.9. The second-order valence-electron chi connectivity index (χ2n) is 6.77. The maximum atomic E-state index is 12.4. The van der Waals surface area contributed by atoms with Crippen molar-refractivity contribution in [2.24, 2.45) is 5.16 Å². The Morgan fingerprint density at radius 2 is 1.59 bits per heavy atom. The SMILES string of the molecule is COc1c(Br)cc(C/C(=N\O)C(=O)NCCCOc2c(Br)cc(CC[NH3+])cc2Br)cc1Br. The molecule has 2 rings (SSSR count). The van der Waals surface area contributed by atoms with Gasteiger partial charge in [-0.25, -0.2) is 0 Å². The number of benzene rings is 2. The van der Waals surface area contributed by atoms with E-state index < -0.39 is 5.91 Å². The molecule has 174 valence electrons. The number of oxime groups is 1. The van der Waals surface area contributed by atoms with Crippen LogP contribution in [0.15, 0.2) is 47.3 Å². The van der Waals surface area contributed by atoms with Crippen LogP contribution in [0.25, 0.3) is 0 Å². The predicted molar refractivity (Wildman–Crippen MR) is 138 cm³/mol. The van der Waals surface area contributed by atoms with Crippen LogP contribution in [0.1, 0.15) is 17.5 Å². The van der Waals surface area contributed by atoms with Gasteiger partial charge in [-0.05, 0) is 106 Å². The van der Waals surface area contributed by atoms with E-state index >= 15 is 0 Å². The zero-order valence-electron chi connectivity index (χ0n) is 17.4. The van der Waals surface area contributed by atoms with Gasteiger partial charge in [-0.15, -0.1) is 0 Å². The molecule has 0 aliphatic carbocycles. The van der Waals surface area contributed by atoms with Gasteiger partial charge in [0.1, 0.15) is 17.2 Å². The summed E-state index contributed by atoms with van der Waals surface area (Å²) in [7, 11) is 1.57. The van der Waals surface area contributed by atoms with Crippen molar-refractivity contribution in [1.82, 2.24) is 5.32 Å². The van der Waals surface area contributed by atoms with Crippen LogP contribution in [-0.4, -0.2) is 43.6 Å². The largest absolute Gasteiger partial charge is 0.494 e. The molecule has 0 saturated heterocycles. The summed E-state index contributed by atoms with van der Waals surface area (Å²) < 4.78 is 14.3. The summed E-state index contributed by atoms with van der Waals surface area (Å²) in [6, 6.07) is 7.67. The van der Waals surface area contributed by atoms with E-state index in [9.17, 15) is 10.0 Å². The standard InChI is InChI=1S/C21H23Br4N3O4/c1-31-19-14(22)9-13(10-15(19)23)11-18(28-30)21(29)27-5-2-6-32-20-16(24)7-12(3-4-26)8-17(20)25/h7-10,30H,2-6,11,26H2,1H3,(H,27,29)/p+1/b28-18+. The van der Waals surface area contributed by atoms with Crippen molar-refractivity contribution in [2.45, 2.75) is 19.3 Å². The number of quaternary nitrogens is 1. The minimum absolute atomic E-state index is 0.0152. The van der Waals surface area contributed by atoms with Gasteiger partial charge >= 0.3 is 0 Å². The summed E-state index contributed by atoms with van der Waals surface area (Å²) in [6.45, 7) is 1.61. The summed E-state index contributed by atoms with van der Waals surface area (Å²) in [5, 5.41) is 15.2. The van der Waals surface area contributed by atoms with Crippen LogP contribution in [0.4, 0.5) is 0 Å². The number of methoxy groups -OCH3 is 1. The molecule has 0 aliphatic heterocycles. The number of hydrogen-bond acceptors (Lipinski definition) is 5. The lowest BCUT2D eigenvalue weighted by Crippen LogP contribution is -2.51. The normalized spacial score (nSPS) is 11.4. The number of ether oxygens (including phenoxy) is 2. The van der Waals surface area contributed by atoms with Crippen molar-refractivity contribution in [1.29, 1.82) is 0 Å². The van der Waals surface area contributed by atoms with Crippen LogP contribution in [0.5, 0.6) is 11.5 Å². The maximum absolute atomic E-state index is 12.4. The smallest absolute Gasteiger partial charge is 0.269 e. The molecule has 1 amide bonds. The van der Waals surface area contributed by atoms with Crippen molar-refractivity contribution in [3.8, 4) is 11.5 Å². The van der Waals surface area contributed by atoms with Crippen molar-refractivity contribution in [2.75, 3.05) is 26.8 Å². The lowest BCUT2D eigenvalue weighted by atomic mass is 10.1. The first-order valence-electron chi connectivity index (χ1n) is 9.71. The van der Waals surface area contributed by atoms with Crippen molar-refractivity contribution in [3.63, 3.8) is 0 Å². The van der Waals surface area contributed by atoms with E-state index in [4.69, 9.17) is 9.47 Å².